The molecule has 35 heavy (non-hydrogen) atoms. The number of amides is 1. The van der Waals surface area contributed by atoms with Gasteiger partial charge in [0.2, 0.25) is 0 Å². The quantitative estimate of drug-likeness (QED) is 0.418. The molecule has 9 heteroatoms. The number of aromatic amines is 1. The standard InChI is InChI=1S/C26H27N7O2/c1-31-19-13-27-24-21(23(19)33(26(31)35)17-5-3-4-6-17)20(22(30-24)25(34)29-16-8-9-16)14-7-10-18-15(11-14)12-28-32(18)2/h7,10-13,16-17H,3-6,8-9H2,1-2H3,(H,27,30)(H,29,34). The predicted molar refractivity (Wildman–Crippen MR) is 135 cm³/mol. The maximum absolute atomic E-state index is 13.4. The highest BCUT2D eigenvalue weighted by molar-refractivity contribution is 6.17. The summed E-state index contributed by atoms with van der Waals surface area (Å²) in [7, 11) is 3.72. The fourth-order valence-electron chi connectivity index (χ4n) is 5.74. The molecule has 5 aromatic rings. The first kappa shape index (κ1) is 20.5. The van der Waals surface area contributed by atoms with Crippen LogP contribution in [0.3, 0.4) is 0 Å². The van der Waals surface area contributed by atoms with E-state index < -0.39 is 0 Å². The molecule has 0 aliphatic heterocycles. The van der Waals surface area contributed by atoms with Crippen LogP contribution in [-0.4, -0.2) is 40.8 Å². The van der Waals surface area contributed by atoms with E-state index in [1.807, 2.05) is 34.6 Å². The van der Waals surface area contributed by atoms with Gasteiger partial charge in [0.05, 0.1) is 34.3 Å². The van der Waals surface area contributed by atoms with Crippen molar-refractivity contribution in [2.24, 2.45) is 14.1 Å². The van der Waals surface area contributed by atoms with Crippen molar-refractivity contribution in [3.8, 4) is 11.1 Å². The monoisotopic (exact) mass is 469 g/mol. The van der Waals surface area contributed by atoms with Crippen molar-refractivity contribution < 1.29 is 4.79 Å². The number of carbonyl (C=O) groups excluding carboxylic acids is 1. The molecule has 0 unspecified atom stereocenters. The van der Waals surface area contributed by atoms with Crippen molar-refractivity contribution in [2.45, 2.75) is 50.6 Å². The summed E-state index contributed by atoms with van der Waals surface area (Å²) < 4.78 is 5.48. The number of pyridine rings is 1. The molecule has 4 heterocycles. The first-order valence-electron chi connectivity index (χ1n) is 12.4. The zero-order chi connectivity index (χ0) is 23.8. The number of nitrogens with one attached hydrogen (secondary N) is 2. The van der Waals surface area contributed by atoms with Gasteiger partial charge in [-0.25, -0.2) is 9.78 Å². The van der Waals surface area contributed by atoms with Gasteiger partial charge in [-0.2, -0.15) is 5.10 Å². The molecule has 178 valence electrons. The smallest absolute Gasteiger partial charge is 0.329 e. The van der Waals surface area contributed by atoms with Crippen LogP contribution in [0.5, 0.6) is 0 Å². The van der Waals surface area contributed by atoms with Crippen LogP contribution in [0.25, 0.3) is 44.1 Å². The van der Waals surface area contributed by atoms with Crippen molar-refractivity contribution in [1.82, 2.24) is 34.2 Å². The second kappa shape index (κ2) is 7.31. The summed E-state index contributed by atoms with van der Waals surface area (Å²) in [5.74, 6) is -0.134. The molecule has 4 aromatic heterocycles. The van der Waals surface area contributed by atoms with E-state index in [9.17, 15) is 9.59 Å². The van der Waals surface area contributed by atoms with Gasteiger partial charge in [-0.1, -0.05) is 18.9 Å². The second-order valence-corrected chi connectivity index (χ2v) is 10.0. The molecule has 0 spiro atoms. The molecule has 0 bridgehead atoms. The van der Waals surface area contributed by atoms with Crippen molar-refractivity contribution in [3.05, 3.63) is 46.8 Å². The van der Waals surface area contributed by atoms with Crippen LogP contribution in [0.1, 0.15) is 55.1 Å². The largest absolute Gasteiger partial charge is 0.348 e. The number of carbonyl (C=O) groups is 1. The van der Waals surface area contributed by atoms with Gasteiger partial charge in [0.1, 0.15) is 11.3 Å². The summed E-state index contributed by atoms with van der Waals surface area (Å²) >= 11 is 0. The number of nitrogens with zero attached hydrogens (tertiary/aromatic N) is 5. The number of aromatic nitrogens is 6. The lowest BCUT2D eigenvalue weighted by Gasteiger charge is -2.13. The molecule has 2 aliphatic rings. The molecule has 9 nitrogen and oxygen atoms in total. The van der Waals surface area contributed by atoms with E-state index in [1.54, 1.807) is 17.8 Å². The summed E-state index contributed by atoms with van der Waals surface area (Å²) in [6.45, 7) is 0. The number of fused-ring (bicyclic) bond motifs is 4. The van der Waals surface area contributed by atoms with Crippen LogP contribution in [0.2, 0.25) is 0 Å². The van der Waals surface area contributed by atoms with Crippen LogP contribution < -0.4 is 11.0 Å². The molecule has 2 fully saturated rings. The van der Waals surface area contributed by atoms with E-state index in [-0.39, 0.29) is 23.7 Å². The molecule has 1 aromatic carbocycles. The zero-order valence-corrected chi connectivity index (χ0v) is 19.8. The Hall–Kier alpha value is -3.88. The van der Waals surface area contributed by atoms with E-state index in [0.29, 0.717) is 11.3 Å². The first-order chi connectivity index (χ1) is 17.0. The molecule has 2 aliphatic carbocycles. The Morgan fingerprint density at radius 2 is 1.89 bits per heavy atom. The highest BCUT2D eigenvalue weighted by atomic mass is 16.2. The van der Waals surface area contributed by atoms with Crippen molar-refractivity contribution >= 4 is 38.9 Å². The van der Waals surface area contributed by atoms with E-state index in [4.69, 9.17) is 0 Å². The number of rotatable bonds is 4. The fraction of sp³-hybridized carbons (Fsp3) is 0.385. The van der Waals surface area contributed by atoms with Crippen LogP contribution >= 0.6 is 0 Å². The summed E-state index contributed by atoms with van der Waals surface area (Å²) in [6.07, 6.45) is 9.80. The minimum Gasteiger partial charge on any atom is -0.348 e. The molecule has 2 N–H and O–H groups in total. The van der Waals surface area contributed by atoms with Gasteiger partial charge in [0.25, 0.3) is 5.91 Å². The molecule has 7 rings (SSSR count). The molecule has 1 amide bonds. The third kappa shape index (κ3) is 3.00. The third-order valence-corrected chi connectivity index (χ3v) is 7.74. The van der Waals surface area contributed by atoms with Gasteiger partial charge >= 0.3 is 5.69 Å². The lowest BCUT2D eigenvalue weighted by Crippen LogP contribution is -2.26. The lowest BCUT2D eigenvalue weighted by atomic mass is 10.00. The lowest BCUT2D eigenvalue weighted by molar-refractivity contribution is 0.0947. The molecule has 0 radical (unpaired) electrons. The van der Waals surface area contributed by atoms with Gasteiger partial charge < -0.3 is 10.3 Å². The summed E-state index contributed by atoms with van der Waals surface area (Å²) in [4.78, 5) is 34.8. The SMILES string of the molecule is Cn1ncc2cc(-c3c(C(=O)NC4CC4)[nH]c4ncc5c(c34)n(C3CCCC3)c(=O)n5C)ccc21. The minimum atomic E-state index is -0.134. The Balaban J connectivity index is 1.58. The predicted octanol–water partition coefficient (Wildman–Crippen LogP) is 3.78. The zero-order valence-electron chi connectivity index (χ0n) is 19.8. The number of imidazole rings is 1. The maximum Gasteiger partial charge on any atom is 0.329 e. The van der Waals surface area contributed by atoms with Crippen molar-refractivity contribution in [1.29, 1.82) is 0 Å². The van der Waals surface area contributed by atoms with E-state index in [0.717, 1.165) is 77.0 Å². The number of hydrogen-bond acceptors (Lipinski definition) is 4. The van der Waals surface area contributed by atoms with Gasteiger partial charge in [-0.3, -0.25) is 18.6 Å². The number of benzene rings is 1. The number of aryl methyl sites for hydroxylation is 2. The van der Waals surface area contributed by atoms with Crippen molar-refractivity contribution in [2.75, 3.05) is 0 Å². The molecular formula is C26H27N7O2. The average molecular weight is 470 g/mol. The Kier molecular flexibility index (Phi) is 4.28. The van der Waals surface area contributed by atoms with Crippen LogP contribution in [0.15, 0.2) is 35.4 Å². The van der Waals surface area contributed by atoms with Crippen LogP contribution in [0, 0.1) is 0 Å². The van der Waals surface area contributed by atoms with Crippen LogP contribution in [0.4, 0.5) is 0 Å². The second-order valence-electron chi connectivity index (χ2n) is 10.0. The third-order valence-electron chi connectivity index (χ3n) is 7.74. The summed E-state index contributed by atoms with van der Waals surface area (Å²) in [6, 6.07) is 6.51. The van der Waals surface area contributed by atoms with Gasteiger partial charge in [-0.15, -0.1) is 0 Å². The van der Waals surface area contributed by atoms with E-state index in [1.165, 1.54) is 0 Å². The Bertz CT molecular complexity index is 1710. The number of hydrogen-bond donors (Lipinski definition) is 2. The van der Waals surface area contributed by atoms with Gasteiger partial charge in [0, 0.05) is 37.1 Å². The summed E-state index contributed by atoms with van der Waals surface area (Å²) in [5, 5.41) is 9.34. The Labute approximate surface area is 200 Å². The average Bonchev–Trinajstić information content (AvgIpc) is 3.20. The van der Waals surface area contributed by atoms with E-state index in [2.05, 4.69) is 26.4 Å². The Morgan fingerprint density at radius 3 is 2.66 bits per heavy atom. The first-order valence-corrected chi connectivity index (χ1v) is 12.4. The maximum atomic E-state index is 13.4. The normalized spacial score (nSPS) is 16.7. The molecule has 0 atom stereocenters. The molecule has 2 saturated carbocycles. The fourth-order valence-corrected chi connectivity index (χ4v) is 5.74. The molecule has 0 saturated heterocycles. The van der Waals surface area contributed by atoms with Crippen LogP contribution in [-0.2, 0) is 14.1 Å². The topological polar surface area (TPSA) is 103 Å². The number of H-pyrrole nitrogens is 1. The highest BCUT2D eigenvalue weighted by Gasteiger charge is 2.31. The Morgan fingerprint density at radius 1 is 1.09 bits per heavy atom. The van der Waals surface area contributed by atoms with Gasteiger partial charge in [0.15, 0.2) is 0 Å². The molecular weight excluding hydrogens is 442 g/mol. The van der Waals surface area contributed by atoms with Crippen molar-refractivity contribution in [3.63, 3.8) is 0 Å². The summed E-state index contributed by atoms with van der Waals surface area (Å²) in [5.41, 5.74) is 5.44. The van der Waals surface area contributed by atoms with Gasteiger partial charge in [-0.05, 0) is 43.4 Å². The minimum absolute atomic E-state index is 0.0277. The van der Waals surface area contributed by atoms with E-state index >= 15 is 0 Å². The highest BCUT2D eigenvalue weighted by Crippen LogP contribution is 2.40.